The van der Waals surface area contributed by atoms with E-state index in [0.29, 0.717) is 0 Å². The summed E-state index contributed by atoms with van der Waals surface area (Å²) in [5, 5.41) is 1.58. The number of halogens is 2. The van der Waals surface area contributed by atoms with Crippen LogP contribution in [0.25, 0.3) is 0 Å². The highest BCUT2D eigenvalue weighted by atomic mass is 35.5. The summed E-state index contributed by atoms with van der Waals surface area (Å²) >= 11 is 13.5. The molecule has 17 heavy (non-hydrogen) atoms. The minimum absolute atomic E-state index is 0.784. The van der Waals surface area contributed by atoms with Crippen molar-refractivity contribution in [2.75, 3.05) is 5.75 Å². The second-order valence-electron chi connectivity index (χ2n) is 3.68. The van der Waals surface area contributed by atoms with Gasteiger partial charge in [0.25, 0.3) is 0 Å². The molecule has 0 fully saturated rings. The molecule has 0 bridgehead atoms. The van der Waals surface area contributed by atoms with E-state index in [9.17, 15) is 0 Å². The lowest BCUT2D eigenvalue weighted by Gasteiger charge is -2.02. The number of aryl methyl sites for hydroxylation is 1. The summed E-state index contributed by atoms with van der Waals surface area (Å²) in [5.74, 6) is 1.06. The van der Waals surface area contributed by atoms with Gasteiger partial charge in [0, 0.05) is 20.7 Å². The van der Waals surface area contributed by atoms with Crippen LogP contribution in [0.1, 0.15) is 5.56 Å². The van der Waals surface area contributed by atoms with Gasteiger partial charge in [0.15, 0.2) is 0 Å². The Morgan fingerprint density at radius 2 is 1.29 bits per heavy atom. The van der Waals surface area contributed by atoms with Crippen molar-refractivity contribution >= 4 is 35.0 Å². The molecule has 0 spiro atoms. The van der Waals surface area contributed by atoms with E-state index in [1.807, 2.05) is 36.0 Å². The van der Waals surface area contributed by atoms with Gasteiger partial charge in [0.2, 0.25) is 0 Å². The Balaban J connectivity index is 1.83. The second kappa shape index (κ2) is 6.34. The van der Waals surface area contributed by atoms with E-state index in [2.05, 4.69) is 24.3 Å². The van der Waals surface area contributed by atoms with Crippen LogP contribution in [0, 0.1) is 0 Å². The predicted molar refractivity (Wildman–Crippen MR) is 77.3 cm³/mol. The van der Waals surface area contributed by atoms with Crippen molar-refractivity contribution < 1.29 is 0 Å². The predicted octanol–water partition coefficient (Wildman–Crippen LogP) is 5.33. The quantitative estimate of drug-likeness (QED) is 0.683. The molecule has 2 aromatic carbocycles. The zero-order valence-corrected chi connectivity index (χ0v) is 11.5. The van der Waals surface area contributed by atoms with Crippen molar-refractivity contribution in [1.29, 1.82) is 0 Å². The van der Waals surface area contributed by atoms with Crippen molar-refractivity contribution in [2.24, 2.45) is 0 Å². The lowest BCUT2D eigenvalue weighted by atomic mass is 10.2. The third-order valence-electron chi connectivity index (χ3n) is 2.39. The molecule has 0 atom stereocenters. The van der Waals surface area contributed by atoms with Gasteiger partial charge in [0.1, 0.15) is 0 Å². The fourth-order valence-electron chi connectivity index (χ4n) is 1.47. The Kier molecular flexibility index (Phi) is 4.78. The molecule has 0 aromatic heterocycles. The van der Waals surface area contributed by atoms with Crippen LogP contribution in [0.5, 0.6) is 0 Å². The maximum Gasteiger partial charge on any atom is 0.0406 e. The van der Waals surface area contributed by atoms with Gasteiger partial charge in [-0.25, -0.2) is 0 Å². The third-order valence-corrected chi connectivity index (χ3v) is 3.90. The monoisotopic (exact) mass is 282 g/mol. The smallest absolute Gasteiger partial charge is 0.0406 e. The number of thioether (sulfide) groups is 1. The molecule has 2 rings (SSSR count). The first-order chi connectivity index (χ1) is 8.24. The van der Waals surface area contributed by atoms with Crippen LogP contribution >= 0.6 is 35.0 Å². The molecule has 0 nitrogen and oxygen atoms in total. The van der Waals surface area contributed by atoms with Crippen LogP contribution in [0.3, 0.4) is 0 Å². The molecule has 0 radical (unpaired) electrons. The summed E-state index contributed by atoms with van der Waals surface area (Å²) in [6.45, 7) is 0. The van der Waals surface area contributed by atoms with Gasteiger partial charge in [-0.3, -0.25) is 0 Å². The molecule has 0 saturated carbocycles. The summed E-state index contributed by atoms with van der Waals surface area (Å²) in [4.78, 5) is 1.25. The fraction of sp³-hybridized carbons (Fsp3) is 0.143. The Bertz CT molecular complexity index is 417. The maximum atomic E-state index is 5.84. The normalized spacial score (nSPS) is 10.5. The molecule has 2 aromatic rings. The van der Waals surface area contributed by atoms with Crippen LogP contribution in [0.4, 0.5) is 0 Å². The van der Waals surface area contributed by atoms with Crippen molar-refractivity contribution in [3.05, 3.63) is 64.1 Å². The Morgan fingerprint density at radius 3 is 1.88 bits per heavy atom. The van der Waals surface area contributed by atoms with Gasteiger partial charge in [-0.05, 0) is 48.4 Å². The first-order valence-electron chi connectivity index (χ1n) is 5.37. The second-order valence-corrected chi connectivity index (χ2v) is 5.72. The van der Waals surface area contributed by atoms with E-state index >= 15 is 0 Å². The summed E-state index contributed by atoms with van der Waals surface area (Å²) < 4.78 is 0. The molecular formula is C14H12Cl2S. The Morgan fingerprint density at radius 1 is 0.765 bits per heavy atom. The third kappa shape index (κ3) is 4.27. The molecule has 0 unspecified atom stereocenters. The molecule has 0 aliphatic carbocycles. The Hall–Kier alpha value is -0.630. The summed E-state index contributed by atoms with van der Waals surface area (Å²) in [5.41, 5.74) is 1.32. The molecule has 0 N–H and O–H groups in total. The topological polar surface area (TPSA) is 0 Å². The van der Waals surface area contributed by atoms with Crippen molar-refractivity contribution in [3.8, 4) is 0 Å². The van der Waals surface area contributed by atoms with E-state index in [1.54, 1.807) is 0 Å². The van der Waals surface area contributed by atoms with Gasteiger partial charge in [0.05, 0.1) is 0 Å². The molecular weight excluding hydrogens is 271 g/mol. The maximum absolute atomic E-state index is 5.84. The number of hydrogen-bond acceptors (Lipinski definition) is 1. The fourth-order valence-corrected chi connectivity index (χ4v) is 2.62. The molecule has 3 heteroatoms. The lowest BCUT2D eigenvalue weighted by Crippen LogP contribution is -1.87. The van der Waals surface area contributed by atoms with Crippen molar-refractivity contribution in [3.63, 3.8) is 0 Å². The lowest BCUT2D eigenvalue weighted by molar-refractivity contribution is 1.15. The van der Waals surface area contributed by atoms with E-state index in [1.165, 1.54) is 10.5 Å². The minimum Gasteiger partial charge on any atom is -0.126 e. The number of hydrogen-bond donors (Lipinski definition) is 0. The van der Waals surface area contributed by atoms with Gasteiger partial charge >= 0.3 is 0 Å². The largest absolute Gasteiger partial charge is 0.126 e. The molecule has 0 heterocycles. The summed E-state index contributed by atoms with van der Waals surface area (Å²) in [6.07, 6.45) is 1.05. The molecule has 0 amide bonds. The van der Waals surface area contributed by atoms with Gasteiger partial charge in [-0.2, -0.15) is 0 Å². The highest BCUT2D eigenvalue weighted by Crippen LogP contribution is 2.21. The summed E-state index contributed by atoms with van der Waals surface area (Å²) in [6, 6.07) is 16.0. The number of rotatable bonds is 4. The zero-order valence-electron chi connectivity index (χ0n) is 9.20. The standard InChI is InChI=1S/C14H12Cl2S/c15-12-3-1-11(2-4-12)9-10-17-14-7-5-13(16)6-8-14/h1-8H,9-10H2. The van der Waals surface area contributed by atoms with Crippen LogP contribution in [0.2, 0.25) is 10.0 Å². The average Bonchev–Trinajstić information content (AvgIpc) is 2.34. The van der Waals surface area contributed by atoms with Crippen molar-refractivity contribution in [2.45, 2.75) is 11.3 Å². The highest BCUT2D eigenvalue weighted by Gasteiger charge is 1.96. The molecule has 0 aliphatic heterocycles. The average molecular weight is 283 g/mol. The van der Waals surface area contributed by atoms with Crippen LogP contribution in [-0.2, 0) is 6.42 Å². The Labute approximate surface area is 116 Å². The van der Waals surface area contributed by atoms with Crippen LogP contribution in [0.15, 0.2) is 53.4 Å². The van der Waals surface area contributed by atoms with E-state index in [0.717, 1.165) is 22.2 Å². The molecule has 0 aliphatic rings. The summed E-state index contributed by atoms with van der Waals surface area (Å²) in [7, 11) is 0. The van der Waals surface area contributed by atoms with E-state index < -0.39 is 0 Å². The van der Waals surface area contributed by atoms with Gasteiger partial charge in [-0.15, -0.1) is 11.8 Å². The van der Waals surface area contributed by atoms with Crippen LogP contribution < -0.4 is 0 Å². The SMILES string of the molecule is Clc1ccc(CCSc2ccc(Cl)cc2)cc1. The van der Waals surface area contributed by atoms with Gasteiger partial charge < -0.3 is 0 Å². The zero-order chi connectivity index (χ0) is 12.1. The first kappa shape index (κ1) is 12.8. The van der Waals surface area contributed by atoms with Crippen LogP contribution in [-0.4, -0.2) is 5.75 Å². The highest BCUT2D eigenvalue weighted by molar-refractivity contribution is 7.99. The minimum atomic E-state index is 0.784. The van der Waals surface area contributed by atoms with Crippen molar-refractivity contribution in [1.82, 2.24) is 0 Å². The molecule has 0 saturated heterocycles. The van der Waals surface area contributed by atoms with E-state index in [4.69, 9.17) is 23.2 Å². The first-order valence-corrected chi connectivity index (χ1v) is 7.11. The van der Waals surface area contributed by atoms with E-state index in [-0.39, 0.29) is 0 Å². The molecule has 88 valence electrons. The number of benzene rings is 2. The van der Waals surface area contributed by atoms with Gasteiger partial charge in [-0.1, -0.05) is 35.3 Å².